The second-order valence-corrected chi connectivity index (χ2v) is 5.22. The SMILES string of the molecule is COc1cccc(C(=O)C(C)(C)N2CCOCC2)c1. The molecule has 0 unspecified atom stereocenters. The fourth-order valence-corrected chi connectivity index (χ4v) is 2.38. The predicted octanol–water partition coefficient (Wildman–Crippen LogP) is 1.99. The van der Waals surface area contributed by atoms with Crippen molar-refractivity contribution in [2.24, 2.45) is 0 Å². The molecule has 0 aromatic heterocycles. The molecule has 4 nitrogen and oxygen atoms in total. The van der Waals surface area contributed by atoms with Gasteiger partial charge in [0.1, 0.15) is 5.75 Å². The smallest absolute Gasteiger partial charge is 0.182 e. The summed E-state index contributed by atoms with van der Waals surface area (Å²) in [4.78, 5) is 14.9. The van der Waals surface area contributed by atoms with E-state index in [2.05, 4.69) is 4.90 Å². The molecular weight excluding hydrogens is 242 g/mol. The molecule has 0 radical (unpaired) electrons. The lowest BCUT2D eigenvalue weighted by atomic mass is 9.91. The Morgan fingerprint density at radius 2 is 2.00 bits per heavy atom. The third kappa shape index (κ3) is 2.96. The Bertz CT molecular complexity index is 450. The summed E-state index contributed by atoms with van der Waals surface area (Å²) in [6.07, 6.45) is 0. The van der Waals surface area contributed by atoms with Crippen LogP contribution in [-0.4, -0.2) is 49.6 Å². The molecule has 0 amide bonds. The van der Waals surface area contributed by atoms with Crippen molar-refractivity contribution in [2.75, 3.05) is 33.4 Å². The average Bonchev–Trinajstić information content (AvgIpc) is 2.47. The summed E-state index contributed by atoms with van der Waals surface area (Å²) in [6, 6.07) is 7.33. The van der Waals surface area contributed by atoms with E-state index in [4.69, 9.17) is 9.47 Å². The van der Waals surface area contributed by atoms with Crippen LogP contribution in [-0.2, 0) is 4.74 Å². The van der Waals surface area contributed by atoms with E-state index in [1.54, 1.807) is 13.2 Å². The molecule has 104 valence electrons. The Morgan fingerprint density at radius 1 is 1.32 bits per heavy atom. The van der Waals surface area contributed by atoms with Crippen LogP contribution >= 0.6 is 0 Å². The fraction of sp³-hybridized carbons (Fsp3) is 0.533. The van der Waals surface area contributed by atoms with Crippen molar-refractivity contribution >= 4 is 5.78 Å². The van der Waals surface area contributed by atoms with Gasteiger partial charge in [0, 0.05) is 18.7 Å². The summed E-state index contributed by atoms with van der Waals surface area (Å²) >= 11 is 0. The number of ether oxygens (including phenoxy) is 2. The van der Waals surface area contributed by atoms with Gasteiger partial charge in [-0.25, -0.2) is 0 Å². The first-order valence-corrected chi connectivity index (χ1v) is 6.57. The van der Waals surface area contributed by atoms with Crippen molar-refractivity contribution in [3.8, 4) is 5.75 Å². The first kappa shape index (κ1) is 14.0. The molecule has 1 aromatic carbocycles. The molecule has 0 aliphatic carbocycles. The number of morpholine rings is 1. The lowest BCUT2D eigenvalue weighted by molar-refractivity contribution is -0.00430. The van der Waals surface area contributed by atoms with E-state index in [-0.39, 0.29) is 5.78 Å². The van der Waals surface area contributed by atoms with Crippen LogP contribution in [0.5, 0.6) is 5.75 Å². The molecule has 0 atom stereocenters. The van der Waals surface area contributed by atoms with Crippen LogP contribution in [0.1, 0.15) is 24.2 Å². The Labute approximate surface area is 114 Å². The molecule has 1 fully saturated rings. The van der Waals surface area contributed by atoms with Gasteiger partial charge in [-0.1, -0.05) is 12.1 Å². The molecule has 1 saturated heterocycles. The van der Waals surface area contributed by atoms with E-state index in [0.717, 1.165) is 13.1 Å². The van der Waals surface area contributed by atoms with Crippen LogP contribution in [0.25, 0.3) is 0 Å². The monoisotopic (exact) mass is 263 g/mol. The molecule has 1 aliphatic heterocycles. The number of methoxy groups -OCH3 is 1. The molecule has 1 heterocycles. The van der Waals surface area contributed by atoms with E-state index >= 15 is 0 Å². The zero-order chi connectivity index (χ0) is 13.9. The fourth-order valence-electron chi connectivity index (χ4n) is 2.38. The van der Waals surface area contributed by atoms with Crippen LogP contribution in [0.4, 0.5) is 0 Å². The van der Waals surface area contributed by atoms with Gasteiger partial charge in [-0.2, -0.15) is 0 Å². The standard InChI is InChI=1S/C15H21NO3/c1-15(2,16-7-9-19-10-8-16)14(17)12-5-4-6-13(11-12)18-3/h4-6,11H,7-10H2,1-3H3. The van der Waals surface area contributed by atoms with Crippen molar-refractivity contribution in [1.29, 1.82) is 0 Å². The second-order valence-electron chi connectivity index (χ2n) is 5.22. The summed E-state index contributed by atoms with van der Waals surface area (Å²) in [5, 5.41) is 0. The molecule has 1 aromatic rings. The van der Waals surface area contributed by atoms with Crippen LogP contribution in [0.3, 0.4) is 0 Å². The van der Waals surface area contributed by atoms with Crippen LogP contribution in [0.2, 0.25) is 0 Å². The molecule has 0 bridgehead atoms. The van der Waals surface area contributed by atoms with Gasteiger partial charge in [0.05, 0.1) is 25.9 Å². The Morgan fingerprint density at radius 3 is 2.63 bits per heavy atom. The summed E-state index contributed by atoms with van der Waals surface area (Å²) in [6.45, 7) is 6.91. The molecular formula is C15H21NO3. The topological polar surface area (TPSA) is 38.8 Å². The van der Waals surface area contributed by atoms with E-state index in [1.807, 2.05) is 32.0 Å². The highest BCUT2D eigenvalue weighted by Gasteiger charge is 2.35. The maximum absolute atomic E-state index is 12.7. The lowest BCUT2D eigenvalue weighted by Gasteiger charge is -2.39. The summed E-state index contributed by atoms with van der Waals surface area (Å²) in [7, 11) is 1.61. The molecule has 0 N–H and O–H groups in total. The van der Waals surface area contributed by atoms with Gasteiger partial charge in [0.2, 0.25) is 0 Å². The van der Waals surface area contributed by atoms with Gasteiger partial charge in [0.25, 0.3) is 0 Å². The number of nitrogens with zero attached hydrogens (tertiary/aromatic N) is 1. The molecule has 1 aliphatic rings. The molecule has 2 rings (SSSR count). The largest absolute Gasteiger partial charge is 0.497 e. The van der Waals surface area contributed by atoms with Gasteiger partial charge >= 0.3 is 0 Å². The van der Waals surface area contributed by atoms with Crippen LogP contribution in [0, 0.1) is 0 Å². The van der Waals surface area contributed by atoms with Crippen molar-refractivity contribution < 1.29 is 14.3 Å². The van der Waals surface area contributed by atoms with E-state index in [0.29, 0.717) is 24.5 Å². The van der Waals surface area contributed by atoms with E-state index in [1.165, 1.54) is 0 Å². The van der Waals surface area contributed by atoms with Gasteiger partial charge in [-0.3, -0.25) is 9.69 Å². The zero-order valence-electron chi connectivity index (χ0n) is 11.8. The minimum absolute atomic E-state index is 0.119. The summed E-state index contributed by atoms with van der Waals surface area (Å²) < 4.78 is 10.5. The Hall–Kier alpha value is -1.39. The van der Waals surface area contributed by atoms with Gasteiger partial charge < -0.3 is 9.47 Å². The molecule has 4 heteroatoms. The molecule has 0 saturated carbocycles. The number of hydrogen-bond donors (Lipinski definition) is 0. The third-order valence-corrected chi connectivity index (χ3v) is 3.69. The minimum atomic E-state index is -0.518. The normalized spacial score (nSPS) is 17.2. The zero-order valence-corrected chi connectivity index (χ0v) is 11.8. The number of carbonyl (C=O) groups is 1. The van der Waals surface area contributed by atoms with Gasteiger partial charge in [-0.15, -0.1) is 0 Å². The number of Topliss-reactive ketones (excluding diaryl/α,β-unsaturated/α-hetero) is 1. The van der Waals surface area contributed by atoms with Crippen molar-refractivity contribution in [3.05, 3.63) is 29.8 Å². The summed E-state index contributed by atoms with van der Waals surface area (Å²) in [5.41, 5.74) is 0.173. The number of carbonyl (C=O) groups excluding carboxylic acids is 1. The second kappa shape index (κ2) is 5.72. The number of ketones is 1. The van der Waals surface area contributed by atoms with E-state index < -0.39 is 5.54 Å². The minimum Gasteiger partial charge on any atom is -0.497 e. The quantitative estimate of drug-likeness (QED) is 0.779. The summed E-state index contributed by atoms with van der Waals surface area (Å²) in [5.74, 6) is 0.830. The first-order chi connectivity index (χ1) is 9.05. The Kier molecular flexibility index (Phi) is 4.22. The lowest BCUT2D eigenvalue weighted by Crippen LogP contribution is -2.54. The maximum Gasteiger partial charge on any atom is 0.182 e. The number of rotatable bonds is 4. The predicted molar refractivity (Wildman–Crippen MR) is 73.8 cm³/mol. The highest BCUT2D eigenvalue weighted by molar-refractivity contribution is 6.03. The first-order valence-electron chi connectivity index (χ1n) is 6.57. The third-order valence-electron chi connectivity index (χ3n) is 3.69. The Balaban J connectivity index is 2.20. The molecule has 19 heavy (non-hydrogen) atoms. The number of hydrogen-bond acceptors (Lipinski definition) is 4. The van der Waals surface area contributed by atoms with Crippen molar-refractivity contribution in [1.82, 2.24) is 4.90 Å². The van der Waals surface area contributed by atoms with E-state index in [9.17, 15) is 4.79 Å². The molecule has 0 spiro atoms. The van der Waals surface area contributed by atoms with Crippen LogP contribution in [0.15, 0.2) is 24.3 Å². The average molecular weight is 263 g/mol. The van der Waals surface area contributed by atoms with Crippen molar-refractivity contribution in [2.45, 2.75) is 19.4 Å². The number of benzene rings is 1. The van der Waals surface area contributed by atoms with Gasteiger partial charge in [0.15, 0.2) is 5.78 Å². The highest BCUT2D eigenvalue weighted by atomic mass is 16.5. The maximum atomic E-state index is 12.7. The van der Waals surface area contributed by atoms with Crippen molar-refractivity contribution in [3.63, 3.8) is 0 Å². The van der Waals surface area contributed by atoms with Crippen LogP contribution < -0.4 is 4.74 Å². The highest BCUT2D eigenvalue weighted by Crippen LogP contribution is 2.23. The van der Waals surface area contributed by atoms with Gasteiger partial charge in [-0.05, 0) is 26.0 Å².